The molecule has 1 N–H and O–H groups in total. The van der Waals surface area contributed by atoms with E-state index in [-0.39, 0.29) is 17.4 Å². The Labute approximate surface area is 196 Å². The van der Waals surface area contributed by atoms with Gasteiger partial charge >= 0.3 is 0 Å². The Bertz CT molecular complexity index is 1270. The lowest BCUT2D eigenvalue weighted by atomic mass is 10.0. The Morgan fingerprint density at radius 2 is 1.85 bits per heavy atom. The van der Waals surface area contributed by atoms with Crippen LogP contribution in [0, 0.1) is 5.82 Å². The smallest absolute Gasteiger partial charge is 0.251 e. The first-order valence-electron chi connectivity index (χ1n) is 11.8. The van der Waals surface area contributed by atoms with Crippen molar-refractivity contribution in [1.82, 2.24) is 19.8 Å². The highest BCUT2D eigenvalue weighted by Gasteiger charge is 2.29. The van der Waals surface area contributed by atoms with E-state index in [4.69, 9.17) is 14.2 Å². The summed E-state index contributed by atoms with van der Waals surface area (Å²) in [5.74, 6) is 1.22. The van der Waals surface area contributed by atoms with E-state index in [1.807, 2.05) is 6.07 Å². The topological polar surface area (TPSA) is 77.9 Å². The summed E-state index contributed by atoms with van der Waals surface area (Å²) in [5, 5.41) is 4.42. The molecule has 0 aliphatic carbocycles. The molecular weight excluding hydrogens is 439 g/mol. The average molecular weight is 467 g/mol. The first-order chi connectivity index (χ1) is 16.7. The van der Waals surface area contributed by atoms with Crippen LogP contribution in [0.5, 0.6) is 17.2 Å². The van der Waals surface area contributed by atoms with Crippen molar-refractivity contribution in [3.8, 4) is 17.2 Å². The Morgan fingerprint density at radius 3 is 2.71 bits per heavy atom. The summed E-state index contributed by atoms with van der Waals surface area (Å²) in [4.78, 5) is 19.5. The zero-order chi connectivity index (χ0) is 23.1. The molecule has 0 bridgehead atoms. The van der Waals surface area contributed by atoms with Gasteiger partial charge in [-0.25, -0.2) is 4.39 Å². The fourth-order valence-electron chi connectivity index (χ4n) is 5.14. The molecule has 1 aromatic carbocycles. The predicted molar refractivity (Wildman–Crippen MR) is 124 cm³/mol. The molecule has 178 valence electrons. The van der Waals surface area contributed by atoms with Crippen molar-refractivity contribution in [2.45, 2.75) is 31.5 Å². The number of aromatic nitrogens is 2. The van der Waals surface area contributed by atoms with E-state index in [9.17, 15) is 9.18 Å². The summed E-state index contributed by atoms with van der Waals surface area (Å²) in [5.41, 5.74) is 1.38. The maximum atomic E-state index is 14.3. The van der Waals surface area contributed by atoms with Crippen molar-refractivity contribution < 1.29 is 18.6 Å². The van der Waals surface area contributed by atoms with Gasteiger partial charge in [0.15, 0.2) is 23.1 Å². The molecular formula is C25H27FN4O4. The molecule has 2 aromatic heterocycles. The number of hydrogen-bond acceptors (Lipinski definition) is 7. The van der Waals surface area contributed by atoms with Crippen LogP contribution in [0.3, 0.4) is 0 Å². The lowest BCUT2D eigenvalue weighted by Gasteiger charge is -2.36. The highest BCUT2D eigenvalue weighted by atomic mass is 19.1. The van der Waals surface area contributed by atoms with Gasteiger partial charge in [0.1, 0.15) is 19.8 Å². The third-order valence-electron chi connectivity index (χ3n) is 6.90. The van der Waals surface area contributed by atoms with Crippen molar-refractivity contribution in [3.63, 3.8) is 0 Å². The van der Waals surface area contributed by atoms with Crippen LogP contribution in [0.1, 0.15) is 24.6 Å². The third-order valence-corrected chi connectivity index (χ3v) is 6.90. The lowest BCUT2D eigenvalue weighted by molar-refractivity contribution is 0.137. The molecule has 3 aromatic rings. The monoisotopic (exact) mass is 466 g/mol. The number of rotatable bonds is 5. The molecule has 3 aliphatic heterocycles. The van der Waals surface area contributed by atoms with Crippen molar-refractivity contribution in [3.05, 3.63) is 58.4 Å². The molecule has 5 heterocycles. The van der Waals surface area contributed by atoms with Gasteiger partial charge in [-0.1, -0.05) is 0 Å². The third kappa shape index (κ3) is 3.99. The second-order valence-corrected chi connectivity index (χ2v) is 9.10. The van der Waals surface area contributed by atoms with Crippen LogP contribution in [0.25, 0.3) is 10.9 Å². The van der Waals surface area contributed by atoms with Crippen LogP contribution in [0.2, 0.25) is 0 Å². The second kappa shape index (κ2) is 8.88. The van der Waals surface area contributed by atoms with E-state index >= 15 is 0 Å². The molecule has 1 unspecified atom stereocenters. The maximum Gasteiger partial charge on any atom is 0.251 e. The number of hydrogen-bond donors (Lipinski definition) is 1. The predicted octanol–water partition coefficient (Wildman–Crippen LogP) is 2.49. The van der Waals surface area contributed by atoms with E-state index in [0.29, 0.717) is 50.2 Å². The number of ether oxygens (including phenoxy) is 3. The highest BCUT2D eigenvalue weighted by molar-refractivity contribution is 5.85. The van der Waals surface area contributed by atoms with Crippen molar-refractivity contribution in [2.75, 3.05) is 39.5 Å². The molecule has 0 spiro atoms. The SMILES string of the molecule is O=c1ccc2ccc(F)c3c2n1C(CN1CCC(NCc2cc4c(cn2)OCCO4)CC1)CO3. The number of fused-ring (bicyclic) bond motifs is 1. The van der Waals surface area contributed by atoms with Gasteiger partial charge < -0.3 is 24.4 Å². The van der Waals surface area contributed by atoms with Crippen molar-refractivity contribution >= 4 is 10.9 Å². The van der Waals surface area contributed by atoms with Gasteiger partial charge in [0.05, 0.1) is 23.4 Å². The van der Waals surface area contributed by atoms with Gasteiger partial charge in [-0.3, -0.25) is 14.3 Å². The lowest BCUT2D eigenvalue weighted by Crippen LogP contribution is -2.46. The fraction of sp³-hybridized carbons (Fsp3) is 0.440. The summed E-state index contributed by atoms with van der Waals surface area (Å²) in [6, 6.07) is 8.58. The van der Waals surface area contributed by atoms with Crippen LogP contribution in [0.4, 0.5) is 4.39 Å². The molecule has 1 atom stereocenters. The summed E-state index contributed by atoms with van der Waals surface area (Å²) >= 11 is 0. The maximum absolute atomic E-state index is 14.3. The Hall–Kier alpha value is -3.17. The number of nitrogens with zero attached hydrogens (tertiary/aromatic N) is 3. The molecule has 0 saturated carbocycles. The largest absolute Gasteiger partial charge is 0.486 e. The molecule has 9 heteroatoms. The summed E-state index contributed by atoms with van der Waals surface area (Å²) in [6.45, 7) is 4.64. The Kier molecular flexibility index (Phi) is 5.58. The Morgan fingerprint density at radius 1 is 1.06 bits per heavy atom. The van der Waals surface area contributed by atoms with Gasteiger partial charge in [-0.15, -0.1) is 0 Å². The molecule has 1 saturated heterocycles. The highest BCUT2D eigenvalue weighted by Crippen LogP contribution is 2.34. The second-order valence-electron chi connectivity index (χ2n) is 9.10. The number of piperidine rings is 1. The van der Waals surface area contributed by atoms with Gasteiger partial charge in [-0.05, 0) is 44.1 Å². The van der Waals surface area contributed by atoms with Crippen molar-refractivity contribution in [2.24, 2.45) is 0 Å². The fourth-order valence-corrected chi connectivity index (χ4v) is 5.14. The molecule has 34 heavy (non-hydrogen) atoms. The molecule has 6 rings (SSSR count). The van der Waals surface area contributed by atoms with E-state index in [1.54, 1.807) is 29.0 Å². The zero-order valence-corrected chi connectivity index (χ0v) is 18.8. The quantitative estimate of drug-likeness (QED) is 0.619. The minimum atomic E-state index is -0.426. The van der Waals surface area contributed by atoms with E-state index in [1.165, 1.54) is 6.07 Å². The minimum Gasteiger partial charge on any atom is -0.486 e. The van der Waals surface area contributed by atoms with Gasteiger partial charge in [0.25, 0.3) is 5.56 Å². The number of benzene rings is 1. The number of nitrogens with one attached hydrogen (secondary N) is 1. The molecule has 8 nitrogen and oxygen atoms in total. The minimum absolute atomic E-state index is 0.115. The first kappa shape index (κ1) is 21.4. The van der Waals surface area contributed by atoms with Crippen LogP contribution < -0.4 is 25.1 Å². The number of pyridine rings is 2. The molecule has 0 amide bonds. The molecule has 3 aliphatic rings. The standard InChI is InChI=1S/C25H27FN4O4/c26-20-3-1-16-2-4-23(31)30-19(15-34-25(20)24(16)30)14-29-7-5-17(6-8-29)27-12-18-11-21-22(13-28-18)33-10-9-32-21/h1-4,11,13,17,19,27H,5-10,12,14-15H2. The van der Waals surface area contributed by atoms with Crippen LogP contribution in [-0.2, 0) is 6.54 Å². The first-order valence-corrected chi connectivity index (χ1v) is 11.8. The van der Waals surface area contributed by atoms with E-state index < -0.39 is 5.82 Å². The van der Waals surface area contributed by atoms with Gasteiger partial charge in [0.2, 0.25) is 0 Å². The molecule has 1 fully saturated rings. The van der Waals surface area contributed by atoms with Crippen molar-refractivity contribution in [1.29, 1.82) is 0 Å². The van der Waals surface area contributed by atoms with Crippen LogP contribution in [0.15, 0.2) is 41.3 Å². The van der Waals surface area contributed by atoms with Crippen LogP contribution in [-0.4, -0.2) is 59.9 Å². The Balaban J connectivity index is 1.07. The summed E-state index contributed by atoms with van der Waals surface area (Å²) in [7, 11) is 0. The van der Waals surface area contributed by atoms with Crippen LogP contribution >= 0.6 is 0 Å². The van der Waals surface area contributed by atoms with Gasteiger partial charge in [0, 0.05) is 36.7 Å². The zero-order valence-electron chi connectivity index (χ0n) is 18.8. The van der Waals surface area contributed by atoms with E-state index in [0.717, 1.165) is 42.8 Å². The summed E-state index contributed by atoms with van der Waals surface area (Å²) in [6.07, 6.45) is 3.73. The molecule has 0 radical (unpaired) electrons. The summed E-state index contributed by atoms with van der Waals surface area (Å²) < 4.78 is 33.0. The average Bonchev–Trinajstić information content (AvgIpc) is 2.87. The normalized spacial score (nSPS) is 20.3. The number of likely N-dealkylation sites (tertiary alicyclic amines) is 1. The van der Waals surface area contributed by atoms with E-state index in [2.05, 4.69) is 15.2 Å². The van der Waals surface area contributed by atoms with Gasteiger partial charge in [-0.2, -0.15) is 0 Å². The number of halogens is 1.